The van der Waals surface area contributed by atoms with Crippen molar-refractivity contribution < 1.29 is 14.6 Å². The fraction of sp³-hybridized carbons (Fsp3) is 0.450. The van der Waals surface area contributed by atoms with E-state index in [4.69, 9.17) is 14.6 Å². The number of pyridine rings is 1. The molecule has 0 bridgehead atoms. The Morgan fingerprint density at radius 1 is 1.12 bits per heavy atom. The third-order valence-corrected chi connectivity index (χ3v) is 4.37. The Labute approximate surface area is 149 Å². The molecule has 1 aromatic heterocycles. The minimum atomic E-state index is 0.0860. The van der Waals surface area contributed by atoms with E-state index in [0.717, 1.165) is 36.3 Å². The van der Waals surface area contributed by atoms with Crippen LogP contribution in [0.1, 0.15) is 18.4 Å². The van der Waals surface area contributed by atoms with Crippen molar-refractivity contribution in [2.24, 2.45) is 0 Å². The van der Waals surface area contributed by atoms with Crippen molar-refractivity contribution in [3.05, 3.63) is 48.3 Å². The summed E-state index contributed by atoms with van der Waals surface area (Å²) in [4.78, 5) is 4.30. The van der Waals surface area contributed by atoms with E-state index in [0.29, 0.717) is 25.9 Å². The first-order chi connectivity index (χ1) is 12.3. The number of hydrogen-bond acceptors (Lipinski definition) is 5. The largest absolute Gasteiger partial charge is 0.490 e. The van der Waals surface area contributed by atoms with Gasteiger partial charge in [0.15, 0.2) is 0 Å². The SMILES string of the molecule is OCCOCCCc1ccc(-c2cncc(OC[C@@H]3CCN3)c2)cc1. The van der Waals surface area contributed by atoms with Gasteiger partial charge in [-0.2, -0.15) is 0 Å². The number of ether oxygens (including phenoxy) is 2. The van der Waals surface area contributed by atoms with Crippen LogP contribution in [0.15, 0.2) is 42.7 Å². The Hall–Kier alpha value is -1.95. The van der Waals surface area contributed by atoms with Crippen LogP contribution in [0.4, 0.5) is 0 Å². The van der Waals surface area contributed by atoms with Crippen LogP contribution in [0.2, 0.25) is 0 Å². The molecule has 1 saturated heterocycles. The fourth-order valence-corrected chi connectivity index (χ4v) is 2.75. The maximum absolute atomic E-state index is 8.67. The summed E-state index contributed by atoms with van der Waals surface area (Å²) in [5.74, 6) is 0.816. The van der Waals surface area contributed by atoms with Gasteiger partial charge in [-0.25, -0.2) is 0 Å². The first kappa shape index (κ1) is 17.9. The molecule has 5 nitrogen and oxygen atoms in total. The van der Waals surface area contributed by atoms with Crippen LogP contribution in [0, 0.1) is 0 Å². The molecule has 1 aromatic carbocycles. The second-order valence-corrected chi connectivity index (χ2v) is 6.30. The topological polar surface area (TPSA) is 63.6 Å². The van der Waals surface area contributed by atoms with Crippen molar-refractivity contribution in [1.82, 2.24) is 10.3 Å². The minimum absolute atomic E-state index is 0.0860. The highest BCUT2D eigenvalue weighted by atomic mass is 16.5. The molecule has 1 aliphatic heterocycles. The summed E-state index contributed by atoms with van der Waals surface area (Å²) in [5, 5.41) is 12.0. The molecule has 1 aliphatic rings. The Morgan fingerprint density at radius 2 is 1.96 bits per heavy atom. The lowest BCUT2D eigenvalue weighted by atomic mass is 10.0. The van der Waals surface area contributed by atoms with Crippen molar-refractivity contribution in [3.63, 3.8) is 0 Å². The van der Waals surface area contributed by atoms with Crippen LogP contribution in [-0.2, 0) is 11.2 Å². The van der Waals surface area contributed by atoms with Crippen molar-refractivity contribution >= 4 is 0 Å². The van der Waals surface area contributed by atoms with Crippen molar-refractivity contribution in [2.75, 3.05) is 33.0 Å². The van der Waals surface area contributed by atoms with Gasteiger partial charge in [0, 0.05) is 24.4 Å². The summed E-state index contributed by atoms with van der Waals surface area (Å²) < 4.78 is 11.1. The fourth-order valence-electron chi connectivity index (χ4n) is 2.75. The van der Waals surface area contributed by atoms with Crippen LogP contribution >= 0.6 is 0 Å². The lowest BCUT2D eigenvalue weighted by Gasteiger charge is -2.27. The van der Waals surface area contributed by atoms with Gasteiger partial charge >= 0.3 is 0 Å². The summed E-state index contributed by atoms with van der Waals surface area (Å²) in [5.41, 5.74) is 3.49. The van der Waals surface area contributed by atoms with Gasteiger partial charge in [-0.15, -0.1) is 0 Å². The number of nitrogens with zero attached hydrogens (tertiary/aromatic N) is 1. The lowest BCUT2D eigenvalue weighted by molar-refractivity contribution is 0.0909. The second-order valence-electron chi connectivity index (χ2n) is 6.30. The summed E-state index contributed by atoms with van der Waals surface area (Å²) in [7, 11) is 0. The number of aliphatic hydroxyl groups is 1. The number of aryl methyl sites for hydroxylation is 1. The number of benzene rings is 1. The van der Waals surface area contributed by atoms with Gasteiger partial charge in [-0.1, -0.05) is 24.3 Å². The van der Waals surface area contributed by atoms with Crippen molar-refractivity contribution in [2.45, 2.75) is 25.3 Å². The molecule has 0 unspecified atom stereocenters. The summed E-state index contributed by atoms with van der Waals surface area (Å²) in [6, 6.07) is 11.1. The van der Waals surface area contributed by atoms with E-state index in [1.165, 1.54) is 12.0 Å². The van der Waals surface area contributed by atoms with Crippen LogP contribution in [0.3, 0.4) is 0 Å². The average molecular weight is 342 g/mol. The summed E-state index contributed by atoms with van der Waals surface area (Å²) in [6.45, 7) is 2.97. The number of hydrogen-bond donors (Lipinski definition) is 2. The number of rotatable bonds is 10. The van der Waals surface area contributed by atoms with Crippen LogP contribution in [0.25, 0.3) is 11.1 Å². The quantitative estimate of drug-likeness (QED) is 0.649. The molecular formula is C20H26N2O3. The molecule has 1 fully saturated rings. The van der Waals surface area contributed by atoms with Crippen molar-refractivity contribution in [3.8, 4) is 16.9 Å². The first-order valence-electron chi connectivity index (χ1n) is 8.94. The molecule has 0 radical (unpaired) electrons. The van der Waals surface area contributed by atoms with E-state index in [2.05, 4.69) is 34.6 Å². The zero-order valence-corrected chi connectivity index (χ0v) is 14.5. The molecule has 2 aromatic rings. The Balaban J connectivity index is 1.52. The molecule has 0 aliphatic carbocycles. The van der Waals surface area contributed by atoms with E-state index in [1.54, 1.807) is 6.20 Å². The maximum atomic E-state index is 8.67. The van der Waals surface area contributed by atoms with Gasteiger partial charge in [-0.3, -0.25) is 4.98 Å². The normalized spacial score (nSPS) is 16.4. The highest BCUT2D eigenvalue weighted by Crippen LogP contribution is 2.23. The highest BCUT2D eigenvalue weighted by molar-refractivity contribution is 5.64. The van der Waals surface area contributed by atoms with Gasteiger partial charge < -0.3 is 19.9 Å². The molecule has 1 atom stereocenters. The molecule has 0 spiro atoms. The van der Waals surface area contributed by atoms with Crippen LogP contribution in [0.5, 0.6) is 5.75 Å². The Bertz CT molecular complexity index is 642. The zero-order chi connectivity index (χ0) is 17.3. The molecule has 2 N–H and O–H groups in total. The summed E-state index contributed by atoms with van der Waals surface area (Å²) >= 11 is 0. The zero-order valence-electron chi connectivity index (χ0n) is 14.5. The Morgan fingerprint density at radius 3 is 2.68 bits per heavy atom. The molecule has 2 heterocycles. The highest BCUT2D eigenvalue weighted by Gasteiger charge is 2.16. The van der Waals surface area contributed by atoms with E-state index >= 15 is 0 Å². The predicted molar refractivity (Wildman–Crippen MR) is 97.8 cm³/mol. The number of aromatic nitrogens is 1. The van der Waals surface area contributed by atoms with Gasteiger partial charge in [-0.05, 0) is 43.0 Å². The van der Waals surface area contributed by atoms with Gasteiger partial charge in [0.25, 0.3) is 0 Å². The molecular weight excluding hydrogens is 316 g/mol. The second kappa shape index (κ2) is 9.51. The van der Waals surface area contributed by atoms with Crippen LogP contribution < -0.4 is 10.1 Å². The van der Waals surface area contributed by atoms with E-state index < -0.39 is 0 Å². The van der Waals surface area contributed by atoms with Crippen molar-refractivity contribution in [1.29, 1.82) is 0 Å². The molecule has 0 amide bonds. The standard InChI is InChI=1S/C20H26N2O3/c23-9-11-24-10-1-2-16-3-5-17(6-4-16)18-12-20(14-21-13-18)25-15-19-7-8-22-19/h3-6,12-14,19,22-23H,1-2,7-11,15H2/t19-/m0/s1. The third-order valence-electron chi connectivity index (χ3n) is 4.37. The lowest BCUT2D eigenvalue weighted by Crippen LogP contribution is -2.46. The molecule has 3 rings (SSSR count). The molecule has 134 valence electrons. The number of nitrogens with one attached hydrogen (secondary N) is 1. The monoisotopic (exact) mass is 342 g/mol. The van der Waals surface area contributed by atoms with E-state index in [9.17, 15) is 0 Å². The average Bonchev–Trinajstić information content (AvgIpc) is 2.61. The maximum Gasteiger partial charge on any atom is 0.138 e. The first-order valence-corrected chi connectivity index (χ1v) is 8.94. The van der Waals surface area contributed by atoms with E-state index in [-0.39, 0.29) is 6.61 Å². The van der Waals surface area contributed by atoms with Crippen LogP contribution in [-0.4, -0.2) is 49.1 Å². The predicted octanol–water partition coefficient (Wildman–Crippen LogP) is 2.43. The third kappa shape index (κ3) is 5.53. The van der Waals surface area contributed by atoms with Gasteiger partial charge in [0.1, 0.15) is 12.4 Å². The van der Waals surface area contributed by atoms with E-state index in [1.807, 2.05) is 12.3 Å². The number of aliphatic hydroxyl groups excluding tert-OH is 1. The summed E-state index contributed by atoms with van der Waals surface area (Å²) in [6.07, 6.45) is 6.75. The Kier molecular flexibility index (Phi) is 6.79. The van der Waals surface area contributed by atoms with Gasteiger partial charge in [0.05, 0.1) is 19.4 Å². The van der Waals surface area contributed by atoms with Gasteiger partial charge in [0.2, 0.25) is 0 Å². The molecule has 5 heteroatoms. The smallest absolute Gasteiger partial charge is 0.138 e. The molecule has 0 saturated carbocycles. The minimum Gasteiger partial charge on any atom is -0.490 e. The molecule has 25 heavy (non-hydrogen) atoms.